The number of hydrogen-bond donors (Lipinski definition) is 1. The zero-order valence-corrected chi connectivity index (χ0v) is 13.1. The average Bonchev–Trinajstić information content (AvgIpc) is 2.71. The minimum Gasteiger partial charge on any atom is -0.487 e. The van der Waals surface area contributed by atoms with Gasteiger partial charge in [-0.2, -0.15) is 0 Å². The van der Waals surface area contributed by atoms with E-state index in [9.17, 15) is 4.79 Å². The lowest BCUT2D eigenvalue weighted by molar-refractivity contribution is -0.143. The second-order valence-electron chi connectivity index (χ2n) is 6.21. The van der Waals surface area contributed by atoms with Crippen molar-refractivity contribution in [3.8, 4) is 5.75 Å². The van der Waals surface area contributed by atoms with Gasteiger partial charge >= 0.3 is 5.97 Å². The Labute approximate surface area is 126 Å². The predicted molar refractivity (Wildman–Crippen MR) is 82.3 cm³/mol. The van der Waals surface area contributed by atoms with Crippen LogP contribution >= 0.6 is 0 Å². The van der Waals surface area contributed by atoms with Crippen molar-refractivity contribution >= 4 is 5.97 Å². The number of nitrogens with two attached hydrogens (primary N) is 1. The van der Waals surface area contributed by atoms with E-state index < -0.39 is 0 Å². The normalized spacial score (nSPS) is 17.0. The zero-order chi connectivity index (χ0) is 15.5. The summed E-state index contributed by atoms with van der Waals surface area (Å²) in [5, 5.41) is 0. The van der Waals surface area contributed by atoms with E-state index in [2.05, 4.69) is 19.9 Å². The largest absolute Gasteiger partial charge is 0.487 e. The van der Waals surface area contributed by atoms with Crippen LogP contribution in [0.2, 0.25) is 0 Å². The zero-order valence-electron chi connectivity index (χ0n) is 13.1. The molecule has 0 radical (unpaired) electrons. The molecule has 0 aliphatic carbocycles. The first-order chi connectivity index (χ1) is 9.91. The Morgan fingerprint density at radius 3 is 2.95 bits per heavy atom. The van der Waals surface area contributed by atoms with E-state index >= 15 is 0 Å². The molecule has 0 amide bonds. The molecular formula is C17H25NO3. The molecule has 1 aromatic carbocycles. The van der Waals surface area contributed by atoms with Crippen LogP contribution in [-0.2, 0) is 16.0 Å². The van der Waals surface area contributed by atoms with Crippen LogP contribution in [-0.4, -0.2) is 18.2 Å². The molecule has 0 spiro atoms. The van der Waals surface area contributed by atoms with Crippen molar-refractivity contribution in [1.29, 1.82) is 0 Å². The summed E-state index contributed by atoms with van der Waals surface area (Å²) in [6.45, 7) is 6.43. The standard InChI is InChI=1S/C17H25NO3/c1-4-20-16(19)7-5-6-14(18)12-8-9-15-13(10-12)11-17(2,3)21-15/h8-10,14H,4-7,11,18H2,1-3H3. The van der Waals surface area contributed by atoms with Gasteiger partial charge in [0.05, 0.1) is 6.61 Å². The number of fused-ring (bicyclic) bond motifs is 1. The van der Waals surface area contributed by atoms with Gasteiger partial charge in [-0.25, -0.2) is 0 Å². The molecule has 0 saturated carbocycles. The quantitative estimate of drug-likeness (QED) is 0.818. The average molecular weight is 291 g/mol. The van der Waals surface area contributed by atoms with Crippen molar-refractivity contribution in [3.63, 3.8) is 0 Å². The van der Waals surface area contributed by atoms with E-state index in [0.29, 0.717) is 13.0 Å². The van der Waals surface area contributed by atoms with Crippen molar-refractivity contribution in [2.45, 2.75) is 58.1 Å². The Kier molecular flexibility index (Phi) is 4.88. The van der Waals surface area contributed by atoms with E-state index in [4.69, 9.17) is 15.2 Å². The predicted octanol–water partition coefficient (Wildman–Crippen LogP) is 3.13. The topological polar surface area (TPSA) is 61.5 Å². The summed E-state index contributed by atoms with van der Waals surface area (Å²) in [7, 11) is 0. The number of carbonyl (C=O) groups excluding carboxylic acids is 1. The molecule has 2 N–H and O–H groups in total. The molecule has 1 aromatic rings. The number of rotatable bonds is 6. The van der Waals surface area contributed by atoms with E-state index in [1.165, 1.54) is 5.56 Å². The third kappa shape index (κ3) is 4.21. The highest BCUT2D eigenvalue weighted by atomic mass is 16.5. The van der Waals surface area contributed by atoms with Gasteiger partial charge < -0.3 is 15.2 Å². The van der Waals surface area contributed by atoms with Gasteiger partial charge in [0.2, 0.25) is 0 Å². The fraction of sp³-hybridized carbons (Fsp3) is 0.588. The van der Waals surface area contributed by atoms with Crippen LogP contribution in [0.25, 0.3) is 0 Å². The van der Waals surface area contributed by atoms with Crippen LogP contribution in [0.5, 0.6) is 5.75 Å². The summed E-state index contributed by atoms with van der Waals surface area (Å²) in [6.07, 6.45) is 2.87. The van der Waals surface area contributed by atoms with Gasteiger partial charge in [0, 0.05) is 18.9 Å². The highest BCUT2D eigenvalue weighted by molar-refractivity contribution is 5.69. The van der Waals surface area contributed by atoms with Gasteiger partial charge in [0.25, 0.3) is 0 Å². The maximum Gasteiger partial charge on any atom is 0.305 e. The fourth-order valence-electron chi connectivity index (χ4n) is 2.73. The highest BCUT2D eigenvalue weighted by Crippen LogP contribution is 2.36. The monoisotopic (exact) mass is 291 g/mol. The number of carbonyl (C=O) groups is 1. The molecule has 21 heavy (non-hydrogen) atoms. The molecule has 1 aliphatic rings. The minimum absolute atomic E-state index is 0.0477. The van der Waals surface area contributed by atoms with Crippen LogP contribution < -0.4 is 10.5 Å². The fourth-order valence-corrected chi connectivity index (χ4v) is 2.73. The molecule has 0 aromatic heterocycles. The van der Waals surface area contributed by atoms with Crippen LogP contribution in [0.1, 0.15) is 57.2 Å². The van der Waals surface area contributed by atoms with Crippen molar-refractivity contribution in [2.75, 3.05) is 6.61 Å². The van der Waals surface area contributed by atoms with Gasteiger partial charge in [-0.15, -0.1) is 0 Å². The van der Waals surface area contributed by atoms with Crippen LogP contribution in [0, 0.1) is 0 Å². The van der Waals surface area contributed by atoms with Crippen LogP contribution in [0.3, 0.4) is 0 Å². The van der Waals surface area contributed by atoms with Crippen LogP contribution in [0.15, 0.2) is 18.2 Å². The first-order valence-electron chi connectivity index (χ1n) is 7.64. The number of esters is 1. The van der Waals surface area contributed by atoms with E-state index in [1.54, 1.807) is 0 Å². The summed E-state index contributed by atoms with van der Waals surface area (Å²) < 4.78 is 10.8. The molecule has 1 heterocycles. The smallest absolute Gasteiger partial charge is 0.305 e. The number of hydrogen-bond acceptors (Lipinski definition) is 4. The molecule has 2 rings (SSSR count). The number of benzene rings is 1. The van der Waals surface area contributed by atoms with Crippen molar-refractivity contribution < 1.29 is 14.3 Å². The Morgan fingerprint density at radius 2 is 2.24 bits per heavy atom. The SMILES string of the molecule is CCOC(=O)CCCC(N)c1ccc2c(c1)CC(C)(C)O2. The lowest BCUT2D eigenvalue weighted by Gasteiger charge is -2.16. The van der Waals surface area contributed by atoms with Crippen molar-refractivity contribution in [1.82, 2.24) is 0 Å². The van der Waals surface area contributed by atoms with Crippen LogP contribution in [0.4, 0.5) is 0 Å². The summed E-state index contributed by atoms with van der Waals surface area (Å²) >= 11 is 0. The molecule has 116 valence electrons. The first kappa shape index (κ1) is 15.8. The van der Waals surface area contributed by atoms with Crippen molar-refractivity contribution in [2.24, 2.45) is 5.73 Å². The molecule has 1 aliphatic heterocycles. The summed E-state index contributed by atoms with van der Waals surface area (Å²) in [4.78, 5) is 11.3. The van der Waals surface area contributed by atoms with E-state index in [1.807, 2.05) is 19.1 Å². The van der Waals surface area contributed by atoms with Gasteiger partial charge in [-0.3, -0.25) is 4.79 Å². The maximum absolute atomic E-state index is 11.3. The minimum atomic E-state index is -0.145. The van der Waals surface area contributed by atoms with Crippen molar-refractivity contribution in [3.05, 3.63) is 29.3 Å². The third-order valence-electron chi connectivity index (χ3n) is 3.72. The molecule has 0 fully saturated rings. The summed E-state index contributed by atoms with van der Waals surface area (Å²) in [5.74, 6) is 0.816. The van der Waals surface area contributed by atoms with Gasteiger partial charge in [-0.05, 0) is 50.8 Å². The molecule has 4 heteroatoms. The van der Waals surface area contributed by atoms with E-state index in [0.717, 1.165) is 30.6 Å². The van der Waals surface area contributed by atoms with Gasteiger partial charge in [0.1, 0.15) is 11.4 Å². The Morgan fingerprint density at radius 1 is 1.48 bits per heavy atom. The molecular weight excluding hydrogens is 266 g/mol. The summed E-state index contributed by atoms with van der Waals surface area (Å²) in [6, 6.07) is 6.12. The first-order valence-corrected chi connectivity index (χ1v) is 7.64. The highest BCUT2D eigenvalue weighted by Gasteiger charge is 2.30. The van der Waals surface area contributed by atoms with E-state index in [-0.39, 0.29) is 17.6 Å². The second kappa shape index (κ2) is 6.48. The van der Waals surface area contributed by atoms with Gasteiger partial charge in [-0.1, -0.05) is 12.1 Å². The number of ether oxygens (including phenoxy) is 2. The Hall–Kier alpha value is -1.55. The summed E-state index contributed by atoms with van der Waals surface area (Å²) in [5.41, 5.74) is 8.42. The molecule has 4 nitrogen and oxygen atoms in total. The molecule has 0 saturated heterocycles. The third-order valence-corrected chi connectivity index (χ3v) is 3.72. The Balaban J connectivity index is 1.89. The molecule has 0 bridgehead atoms. The maximum atomic E-state index is 11.3. The Bertz CT molecular complexity index is 511. The molecule has 1 unspecified atom stereocenters. The lowest BCUT2D eigenvalue weighted by Crippen LogP contribution is -2.24. The lowest BCUT2D eigenvalue weighted by atomic mass is 9.96. The molecule has 1 atom stereocenters. The van der Waals surface area contributed by atoms with Gasteiger partial charge in [0.15, 0.2) is 0 Å². The second-order valence-corrected chi connectivity index (χ2v) is 6.21.